The zero-order valence-corrected chi connectivity index (χ0v) is 16.5. The van der Waals surface area contributed by atoms with Gasteiger partial charge < -0.3 is 20.5 Å². The first-order valence-electron chi connectivity index (χ1n) is 8.51. The van der Waals surface area contributed by atoms with Gasteiger partial charge >= 0.3 is 5.97 Å². The van der Waals surface area contributed by atoms with E-state index in [1.807, 2.05) is 32.0 Å². The number of thioether (sulfide) groups is 1. The van der Waals surface area contributed by atoms with E-state index in [0.717, 1.165) is 11.1 Å². The molecule has 8 heteroatoms. The largest absolute Gasteiger partial charge is 0.481 e. The molecule has 148 valence electrons. The number of hydrogen-bond acceptors (Lipinski definition) is 6. The fourth-order valence-electron chi connectivity index (χ4n) is 2.38. The number of hydrogen-bond donors (Lipinski definition) is 2. The first-order valence-corrected chi connectivity index (χ1v) is 9.50. The van der Waals surface area contributed by atoms with E-state index in [1.165, 1.54) is 11.8 Å². The van der Waals surface area contributed by atoms with Crippen LogP contribution >= 0.6 is 11.8 Å². The van der Waals surface area contributed by atoms with E-state index >= 15 is 0 Å². The summed E-state index contributed by atoms with van der Waals surface area (Å²) in [6.45, 7) is 3.04. The van der Waals surface area contributed by atoms with Crippen LogP contribution in [0.2, 0.25) is 0 Å². The minimum Gasteiger partial charge on any atom is -0.481 e. The molecule has 2 aromatic rings. The van der Waals surface area contributed by atoms with Gasteiger partial charge in [-0.05, 0) is 37.1 Å². The fraction of sp³-hybridized carbons (Fsp3) is 0.250. The summed E-state index contributed by atoms with van der Waals surface area (Å²) in [5, 5.41) is 2.65. The lowest BCUT2D eigenvalue weighted by Gasteiger charge is -2.12. The Hall–Kier alpha value is -3.00. The van der Waals surface area contributed by atoms with Gasteiger partial charge in [0.05, 0.1) is 11.4 Å². The molecule has 0 aliphatic rings. The van der Waals surface area contributed by atoms with Crippen molar-refractivity contribution in [3.05, 3.63) is 53.6 Å². The predicted molar refractivity (Wildman–Crippen MR) is 107 cm³/mol. The molecule has 0 saturated carbocycles. The van der Waals surface area contributed by atoms with Crippen molar-refractivity contribution >= 4 is 35.2 Å². The average Bonchev–Trinajstić information content (AvgIpc) is 2.65. The van der Waals surface area contributed by atoms with Crippen LogP contribution < -0.4 is 15.8 Å². The Bertz CT molecular complexity index is 849. The maximum atomic E-state index is 12.1. The summed E-state index contributed by atoms with van der Waals surface area (Å²) in [5.41, 5.74) is 7.49. The fourth-order valence-corrected chi connectivity index (χ4v) is 3.12. The number of anilines is 1. The topological polar surface area (TPSA) is 108 Å². The third-order valence-electron chi connectivity index (χ3n) is 3.64. The number of amides is 2. The molecule has 3 N–H and O–H groups in total. The smallest absolute Gasteiger partial charge is 0.344 e. The van der Waals surface area contributed by atoms with Crippen LogP contribution in [0.1, 0.15) is 11.1 Å². The number of ether oxygens (including phenoxy) is 2. The third kappa shape index (κ3) is 6.62. The monoisotopic (exact) mass is 402 g/mol. The van der Waals surface area contributed by atoms with Gasteiger partial charge in [0.15, 0.2) is 13.2 Å². The van der Waals surface area contributed by atoms with E-state index in [0.29, 0.717) is 16.3 Å². The summed E-state index contributed by atoms with van der Waals surface area (Å²) in [7, 11) is 0. The lowest BCUT2D eigenvalue weighted by Crippen LogP contribution is -2.24. The van der Waals surface area contributed by atoms with E-state index in [9.17, 15) is 14.4 Å². The Morgan fingerprint density at radius 1 is 1.00 bits per heavy atom. The molecule has 0 radical (unpaired) electrons. The van der Waals surface area contributed by atoms with Crippen molar-refractivity contribution in [3.63, 3.8) is 0 Å². The molecule has 0 saturated heterocycles. The number of nitrogens with two attached hydrogens (primary N) is 1. The van der Waals surface area contributed by atoms with Gasteiger partial charge in [-0.2, -0.15) is 0 Å². The number of aryl methyl sites for hydroxylation is 2. The number of carbonyl (C=O) groups is 3. The highest BCUT2D eigenvalue weighted by atomic mass is 32.2. The predicted octanol–water partition coefficient (Wildman–Crippen LogP) is 2.44. The molecule has 0 aliphatic heterocycles. The number of nitrogens with one attached hydrogen (secondary N) is 1. The van der Waals surface area contributed by atoms with E-state index < -0.39 is 24.4 Å². The highest BCUT2D eigenvalue weighted by molar-refractivity contribution is 8.00. The van der Waals surface area contributed by atoms with Crippen LogP contribution in [0.4, 0.5) is 5.69 Å². The second-order valence-corrected chi connectivity index (χ2v) is 6.99. The quantitative estimate of drug-likeness (QED) is 0.493. The van der Waals surface area contributed by atoms with E-state index in [4.69, 9.17) is 15.2 Å². The number of para-hydroxylation sites is 2. The first kappa shape index (κ1) is 21.3. The van der Waals surface area contributed by atoms with Crippen molar-refractivity contribution in [2.75, 3.05) is 24.3 Å². The lowest BCUT2D eigenvalue weighted by atomic mass is 10.1. The van der Waals surface area contributed by atoms with Crippen molar-refractivity contribution in [1.82, 2.24) is 0 Å². The highest BCUT2D eigenvalue weighted by Gasteiger charge is 2.12. The second kappa shape index (κ2) is 10.4. The van der Waals surface area contributed by atoms with Crippen LogP contribution in [0.15, 0.2) is 47.4 Å². The van der Waals surface area contributed by atoms with Gasteiger partial charge in [-0.1, -0.05) is 30.3 Å². The van der Waals surface area contributed by atoms with E-state index in [1.54, 1.807) is 24.3 Å². The molecule has 7 nitrogen and oxygen atoms in total. The molecule has 0 spiro atoms. The van der Waals surface area contributed by atoms with E-state index in [-0.39, 0.29) is 12.4 Å². The minimum atomic E-state index is -0.644. The SMILES string of the molecule is Cc1cccc(C)c1OCC(=O)OCC(=O)Nc1ccccc1SCC(N)=O. The van der Waals surface area contributed by atoms with E-state index in [2.05, 4.69) is 5.32 Å². The summed E-state index contributed by atoms with van der Waals surface area (Å²) < 4.78 is 10.5. The zero-order chi connectivity index (χ0) is 20.5. The van der Waals surface area contributed by atoms with Crippen LogP contribution in [0, 0.1) is 13.8 Å². The molecule has 28 heavy (non-hydrogen) atoms. The summed E-state index contributed by atoms with van der Waals surface area (Å²) in [5.74, 6) is -0.868. The summed E-state index contributed by atoms with van der Waals surface area (Å²) in [4.78, 5) is 35.5. The second-order valence-electron chi connectivity index (χ2n) is 5.97. The molecule has 2 aromatic carbocycles. The van der Waals surface area contributed by atoms with Crippen molar-refractivity contribution in [1.29, 1.82) is 0 Å². The molecule has 0 fully saturated rings. The van der Waals surface area contributed by atoms with Crippen molar-refractivity contribution < 1.29 is 23.9 Å². The van der Waals surface area contributed by atoms with Crippen molar-refractivity contribution in [2.45, 2.75) is 18.7 Å². The Balaban J connectivity index is 1.82. The Labute approximate surface area is 167 Å². The molecule has 0 atom stereocenters. The molecule has 0 bridgehead atoms. The molecule has 0 unspecified atom stereocenters. The maximum absolute atomic E-state index is 12.1. The third-order valence-corrected chi connectivity index (χ3v) is 4.73. The number of primary amides is 1. The summed E-state index contributed by atoms with van der Waals surface area (Å²) in [6.07, 6.45) is 0. The van der Waals surface area contributed by atoms with Crippen molar-refractivity contribution in [2.24, 2.45) is 5.73 Å². The van der Waals surface area contributed by atoms with Crippen LogP contribution in [-0.4, -0.2) is 36.8 Å². The molecule has 2 amide bonds. The number of rotatable bonds is 9. The molecule has 0 aromatic heterocycles. The van der Waals surface area contributed by atoms with Gasteiger partial charge in [0.25, 0.3) is 5.91 Å². The van der Waals surface area contributed by atoms with Gasteiger partial charge in [0.1, 0.15) is 5.75 Å². The van der Waals surface area contributed by atoms with Crippen LogP contribution in [-0.2, 0) is 19.1 Å². The molecular weight excluding hydrogens is 380 g/mol. The number of carbonyl (C=O) groups excluding carboxylic acids is 3. The van der Waals surface area contributed by atoms with Gasteiger partial charge in [-0.25, -0.2) is 4.79 Å². The van der Waals surface area contributed by atoms with Crippen molar-refractivity contribution in [3.8, 4) is 5.75 Å². The van der Waals surface area contributed by atoms with Gasteiger partial charge in [-0.15, -0.1) is 11.8 Å². The Morgan fingerprint density at radius 3 is 2.36 bits per heavy atom. The Kier molecular flexibility index (Phi) is 7.88. The normalized spacial score (nSPS) is 10.2. The molecule has 0 aliphatic carbocycles. The summed E-state index contributed by atoms with van der Waals surface area (Å²) in [6, 6.07) is 12.6. The molecule has 0 heterocycles. The minimum absolute atomic E-state index is 0.0948. The molecular formula is C20H22N2O5S. The number of benzene rings is 2. The maximum Gasteiger partial charge on any atom is 0.344 e. The average molecular weight is 402 g/mol. The Morgan fingerprint density at radius 2 is 1.68 bits per heavy atom. The standard InChI is InChI=1S/C20H22N2O5S/c1-13-6-5-7-14(2)20(13)27-11-19(25)26-10-18(24)22-15-8-3-4-9-16(15)28-12-17(21)23/h3-9H,10-12H2,1-2H3,(H2,21,23)(H,22,24). The number of esters is 1. The van der Waals surface area contributed by atoms with Gasteiger partial charge in [-0.3, -0.25) is 9.59 Å². The van der Waals surface area contributed by atoms with Crippen LogP contribution in [0.3, 0.4) is 0 Å². The van der Waals surface area contributed by atoms with Gasteiger partial charge in [0, 0.05) is 4.90 Å². The lowest BCUT2D eigenvalue weighted by molar-refractivity contribution is -0.149. The summed E-state index contributed by atoms with van der Waals surface area (Å²) >= 11 is 1.21. The van der Waals surface area contributed by atoms with Crippen LogP contribution in [0.5, 0.6) is 5.75 Å². The first-order chi connectivity index (χ1) is 13.4. The molecule has 2 rings (SSSR count). The zero-order valence-electron chi connectivity index (χ0n) is 15.7. The van der Waals surface area contributed by atoms with Crippen LogP contribution in [0.25, 0.3) is 0 Å². The van der Waals surface area contributed by atoms with Gasteiger partial charge in [0.2, 0.25) is 5.91 Å². The highest BCUT2D eigenvalue weighted by Crippen LogP contribution is 2.26.